The summed E-state index contributed by atoms with van der Waals surface area (Å²) in [4.78, 5) is 10.9. The van der Waals surface area contributed by atoms with Gasteiger partial charge in [-0.1, -0.05) is 44.0 Å². The minimum Gasteiger partial charge on any atom is -0.497 e. The lowest BCUT2D eigenvalue weighted by atomic mass is 9.79. The lowest BCUT2D eigenvalue weighted by Gasteiger charge is -2.27. The molecule has 9 heteroatoms. The van der Waals surface area contributed by atoms with E-state index in [0.29, 0.717) is 41.0 Å². The molecule has 4 aromatic rings. The molecule has 2 heterocycles. The van der Waals surface area contributed by atoms with Crippen LogP contribution in [0.5, 0.6) is 11.5 Å². The van der Waals surface area contributed by atoms with E-state index < -0.39 is 17.9 Å². The van der Waals surface area contributed by atoms with Gasteiger partial charge >= 0.3 is 0 Å². The third-order valence-electron chi connectivity index (χ3n) is 8.62. The van der Waals surface area contributed by atoms with E-state index in [1.165, 1.54) is 49.4 Å². The van der Waals surface area contributed by atoms with Crippen LogP contribution in [0.3, 0.4) is 0 Å². The Morgan fingerprint density at radius 3 is 2.44 bits per heavy atom. The van der Waals surface area contributed by atoms with Gasteiger partial charge in [-0.25, -0.2) is 18.7 Å². The van der Waals surface area contributed by atoms with Gasteiger partial charge in [0.2, 0.25) is 0 Å². The fraction of sp³-hybridized carbons (Fsp3) is 0.353. The minimum absolute atomic E-state index is 0.0826. The molecule has 0 saturated heterocycles. The quantitative estimate of drug-likeness (QED) is 0.222. The number of fused-ring (bicyclic) bond motifs is 1. The Hall–Kier alpha value is -4.08. The molecule has 43 heavy (non-hydrogen) atoms. The maximum absolute atomic E-state index is 14.9. The van der Waals surface area contributed by atoms with Gasteiger partial charge < -0.3 is 19.9 Å². The molecule has 2 N–H and O–H groups in total. The van der Waals surface area contributed by atoms with Crippen molar-refractivity contribution in [3.63, 3.8) is 0 Å². The predicted molar refractivity (Wildman–Crippen MR) is 161 cm³/mol. The Labute approximate surface area is 250 Å². The van der Waals surface area contributed by atoms with Crippen molar-refractivity contribution in [3.8, 4) is 22.9 Å². The zero-order valence-corrected chi connectivity index (χ0v) is 24.6. The van der Waals surface area contributed by atoms with E-state index >= 15 is 0 Å². The lowest BCUT2D eigenvalue weighted by molar-refractivity contribution is 0.00748. The van der Waals surface area contributed by atoms with Crippen LogP contribution in [-0.4, -0.2) is 34.2 Å². The first-order valence-electron chi connectivity index (χ1n) is 14.7. The monoisotopic (exact) mass is 586 g/mol. The number of hydrogen-bond donors (Lipinski definition) is 2. The second-order valence-electron chi connectivity index (χ2n) is 11.5. The largest absolute Gasteiger partial charge is 0.497 e. The maximum Gasteiger partial charge on any atom is 0.167 e. The van der Waals surface area contributed by atoms with Gasteiger partial charge in [-0.2, -0.15) is 0 Å². The summed E-state index contributed by atoms with van der Waals surface area (Å²) in [7, 11) is 3.17. The molecule has 0 bridgehead atoms. The second kappa shape index (κ2) is 12.3. The average molecular weight is 587 g/mol. The van der Waals surface area contributed by atoms with Crippen LogP contribution in [0.4, 0.5) is 20.3 Å². The molecule has 6 rings (SSSR count). The number of methoxy groups -OCH3 is 2. The van der Waals surface area contributed by atoms with E-state index in [9.17, 15) is 13.9 Å². The smallest absolute Gasteiger partial charge is 0.167 e. The molecule has 1 aliphatic heterocycles. The van der Waals surface area contributed by atoms with Crippen LogP contribution >= 0.6 is 0 Å². The van der Waals surface area contributed by atoms with Gasteiger partial charge in [0.15, 0.2) is 5.82 Å². The minimum atomic E-state index is -1.06. The molecule has 0 radical (unpaired) electrons. The van der Waals surface area contributed by atoms with E-state index in [4.69, 9.17) is 9.47 Å². The Balaban J connectivity index is 1.34. The zero-order chi connectivity index (χ0) is 30.1. The number of aliphatic hydroxyl groups is 1. The van der Waals surface area contributed by atoms with Crippen molar-refractivity contribution >= 4 is 11.5 Å². The number of aliphatic hydroxyl groups excluding tert-OH is 1. The Morgan fingerprint density at radius 2 is 1.74 bits per heavy atom. The molecule has 0 spiro atoms. The number of benzene rings is 3. The summed E-state index contributed by atoms with van der Waals surface area (Å²) in [5, 5.41) is 14.8. The van der Waals surface area contributed by atoms with Crippen LogP contribution in [0.1, 0.15) is 67.1 Å². The fourth-order valence-corrected chi connectivity index (χ4v) is 6.34. The molecule has 1 aliphatic carbocycles. The normalized spacial score (nSPS) is 20.1. The molecule has 224 valence electrons. The Kier molecular flexibility index (Phi) is 8.27. The van der Waals surface area contributed by atoms with Crippen molar-refractivity contribution in [1.82, 2.24) is 14.9 Å². The number of nitrogens with one attached hydrogen (secondary N) is 1. The molecular formula is C34H36F2N4O3. The van der Waals surface area contributed by atoms with Crippen molar-refractivity contribution in [3.05, 3.63) is 94.7 Å². The number of ether oxygens (including phenoxy) is 2. The number of aromatic nitrogens is 2. The van der Waals surface area contributed by atoms with Crippen LogP contribution in [0.2, 0.25) is 0 Å². The first-order chi connectivity index (χ1) is 20.8. The van der Waals surface area contributed by atoms with Gasteiger partial charge in [-0.3, -0.25) is 4.90 Å². The third kappa shape index (κ3) is 5.92. The van der Waals surface area contributed by atoms with Crippen molar-refractivity contribution in [2.45, 2.75) is 57.8 Å². The van der Waals surface area contributed by atoms with Crippen LogP contribution in [0.25, 0.3) is 11.4 Å². The highest BCUT2D eigenvalue weighted by Crippen LogP contribution is 2.41. The summed E-state index contributed by atoms with van der Waals surface area (Å²) in [6.45, 7) is 2.89. The van der Waals surface area contributed by atoms with Crippen molar-refractivity contribution < 1.29 is 23.4 Å². The van der Waals surface area contributed by atoms with E-state index in [0.717, 1.165) is 17.2 Å². The molecule has 1 saturated carbocycles. The van der Waals surface area contributed by atoms with Gasteiger partial charge in [0, 0.05) is 30.4 Å². The molecule has 7 nitrogen and oxygen atoms in total. The second-order valence-corrected chi connectivity index (χ2v) is 11.5. The Morgan fingerprint density at radius 1 is 0.977 bits per heavy atom. The summed E-state index contributed by atoms with van der Waals surface area (Å²) in [6, 6.07) is 17.4. The average Bonchev–Trinajstić information content (AvgIpc) is 3.32. The number of halogens is 2. The standard InChI is InChI=1S/C34H36F2N4O3/c1-20-6-4-7-22(16-20)21-10-13-24(14-11-21)37-33-31-28(38-32(39-33)30-26(35)8-5-9-27(30)36)19-40(34(31)41)18-23-12-15-25(42-2)17-29(23)43-3/h5,8-15,17,20,22,34,41H,4,6-7,16,18-19H2,1-3H3,(H,37,38,39). The van der Waals surface area contributed by atoms with Gasteiger partial charge in [0.05, 0.1) is 31.0 Å². The van der Waals surface area contributed by atoms with Crippen LogP contribution in [0, 0.1) is 17.6 Å². The summed E-state index contributed by atoms with van der Waals surface area (Å²) in [5.41, 5.74) is 3.56. The van der Waals surface area contributed by atoms with Crippen LogP contribution < -0.4 is 14.8 Å². The lowest BCUT2D eigenvalue weighted by Crippen LogP contribution is -2.22. The summed E-state index contributed by atoms with van der Waals surface area (Å²) >= 11 is 0. The number of nitrogens with zero attached hydrogens (tertiary/aromatic N) is 3. The van der Waals surface area contributed by atoms with E-state index in [2.05, 4.69) is 34.3 Å². The number of anilines is 2. The van der Waals surface area contributed by atoms with E-state index in [-0.39, 0.29) is 17.9 Å². The van der Waals surface area contributed by atoms with Crippen molar-refractivity contribution in [2.24, 2.45) is 5.92 Å². The highest BCUT2D eigenvalue weighted by Gasteiger charge is 2.35. The molecule has 3 atom stereocenters. The van der Waals surface area contributed by atoms with Crippen molar-refractivity contribution in [1.29, 1.82) is 0 Å². The van der Waals surface area contributed by atoms with Crippen LogP contribution in [0.15, 0.2) is 60.7 Å². The van der Waals surface area contributed by atoms with Gasteiger partial charge in [0.1, 0.15) is 35.2 Å². The topological polar surface area (TPSA) is 79.7 Å². The molecular weight excluding hydrogens is 550 g/mol. The molecule has 2 aliphatic rings. The highest BCUT2D eigenvalue weighted by molar-refractivity contribution is 5.67. The van der Waals surface area contributed by atoms with E-state index in [1.54, 1.807) is 20.3 Å². The molecule has 3 aromatic carbocycles. The number of hydrogen-bond acceptors (Lipinski definition) is 7. The fourth-order valence-electron chi connectivity index (χ4n) is 6.34. The first-order valence-corrected chi connectivity index (χ1v) is 14.7. The SMILES string of the molecule is COc1ccc(CN2Cc3nc(-c4c(F)cccc4F)nc(Nc4ccc(C5CCCC(C)C5)cc4)c3C2O)c(OC)c1. The molecule has 1 fully saturated rings. The molecule has 0 amide bonds. The maximum atomic E-state index is 14.9. The molecule has 3 unspecified atom stereocenters. The Bertz CT molecular complexity index is 1590. The first kappa shape index (κ1) is 29.0. The highest BCUT2D eigenvalue weighted by atomic mass is 19.1. The van der Waals surface area contributed by atoms with Crippen molar-refractivity contribution in [2.75, 3.05) is 19.5 Å². The molecule has 1 aromatic heterocycles. The zero-order valence-electron chi connectivity index (χ0n) is 24.6. The predicted octanol–water partition coefficient (Wildman–Crippen LogP) is 7.48. The summed E-state index contributed by atoms with van der Waals surface area (Å²) in [6.07, 6.45) is 3.84. The summed E-state index contributed by atoms with van der Waals surface area (Å²) in [5.74, 6) is 1.25. The van der Waals surface area contributed by atoms with E-state index in [1.807, 2.05) is 29.2 Å². The third-order valence-corrected chi connectivity index (χ3v) is 8.62. The van der Waals surface area contributed by atoms with Gasteiger partial charge in [0.25, 0.3) is 0 Å². The summed E-state index contributed by atoms with van der Waals surface area (Å²) < 4.78 is 40.6. The van der Waals surface area contributed by atoms with Gasteiger partial charge in [-0.05, 0) is 60.6 Å². The van der Waals surface area contributed by atoms with Crippen LogP contribution in [-0.2, 0) is 13.1 Å². The van der Waals surface area contributed by atoms with Gasteiger partial charge in [-0.15, -0.1) is 0 Å². The number of rotatable bonds is 8.